The smallest absolute Gasteiger partial charge is 0.226 e. The topological polar surface area (TPSA) is 51.2 Å². The van der Waals surface area contributed by atoms with E-state index in [0.29, 0.717) is 18.2 Å². The number of carbonyl (C=O) groups excluding carboxylic acids is 1. The molecular formula is C11H16N2O2. The van der Waals surface area contributed by atoms with Gasteiger partial charge in [0, 0.05) is 12.0 Å². The van der Waals surface area contributed by atoms with Crippen LogP contribution < -0.4 is 10.1 Å². The van der Waals surface area contributed by atoms with E-state index in [4.69, 9.17) is 4.74 Å². The van der Waals surface area contributed by atoms with Crippen molar-refractivity contribution < 1.29 is 9.53 Å². The van der Waals surface area contributed by atoms with Gasteiger partial charge in [-0.1, -0.05) is 13.8 Å². The molecule has 0 unspecified atom stereocenters. The van der Waals surface area contributed by atoms with Gasteiger partial charge in [0.2, 0.25) is 11.8 Å². The van der Waals surface area contributed by atoms with Crippen LogP contribution in [-0.2, 0) is 4.79 Å². The molecule has 0 aliphatic heterocycles. The summed E-state index contributed by atoms with van der Waals surface area (Å²) in [5, 5.41) is 2.75. The molecule has 0 aliphatic rings. The molecule has 0 spiro atoms. The summed E-state index contributed by atoms with van der Waals surface area (Å²) in [7, 11) is 0. The van der Waals surface area contributed by atoms with Gasteiger partial charge in [-0.15, -0.1) is 0 Å². The summed E-state index contributed by atoms with van der Waals surface area (Å²) in [6.45, 7) is 6.18. The zero-order chi connectivity index (χ0) is 11.3. The number of ether oxygens (including phenoxy) is 1. The van der Waals surface area contributed by atoms with Crippen LogP contribution in [-0.4, -0.2) is 17.5 Å². The molecule has 1 heterocycles. The maximum absolute atomic E-state index is 11.4. The van der Waals surface area contributed by atoms with E-state index in [-0.39, 0.29) is 11.8 Å². The van der Waals surface area contributed by atoms with Crippen molar-refractivity contribution in [3.8, 4) is 5.88 Å². The van der Waals surface area contributed by atoms with Gasteiger partial charge in [0.1, 0.15) is 0 Å². The van der Waals surface area contributed by atoms with Crippen LogP contribution in [0.15, 0.2) is 18.3 Å². The van der Waals surface area contributed by atoms with Gasteiger partial charge in [-0.3, -0.25) is 4.79 Å². The first-order valence-corrected chi connectivity index (χ1v) is 5.03. The summed E-state index contributed by atoms with van der Waals surface area (Å²) in [5.41, 5.74) is 0.692. The molecule has 0 fully saturated rings. The van der Waals surface area contributed by atoms with Gasteiger partial charge in [0.05, 0.1) is 18.5 Å². The SMILES string of the molecule is CCOc1ccc(NC(=O)C(C)C)cn1. The van der Waals surface area contributed by atoms with Crippen LogP contribution >= 0.6 is 0 Å². The van der Waals surface area contributed by atoms with Crippen LogP contribution in [0.2, 0.25) is 0 Å². The van der Waals surface area contributed by atoms with Crippen molar-refractivity contribution in [1.29, 1.82) is 0 Å². The molecule has 1 aromatic heterocycles. The van der Waals surface area contributed by atoms with Gasteiger partial charge in [0.25, 0.3) is 0 Å². The lowest BCUT2D eigenvalue weighted by atomic mass is 10.2. The minimum absolute atomic E-state index is 0.0130. The molecule has 82 valence electrons. The van der Waals surface area contributed by atoms with Crippen LogP contribution in [0, 0.1) is 5.92 Å². The number of carbonyl (C=O) groups is 1. The predicted molar refractivity (Wildman–Crippen MR) is 58.9 cm³/mol. The summed E-state index contributed by atoms with van der Waals surface area (Å²) >= 11 is 0. The molecule has 4 heteroatoms. The Balaban J connectivity index is 2.60. The number of nitrogens with one attached hydrogen (secondary N) is 1. The molecule has 0 atom stereocenters. The van der Waals surface area contributed by atoms with E-state index >= 15 is 0 Å². The summed E-state index contributed by atoms with van der Waals surface area (Å²) in [5.74, 6) is 0.526. The minimum Gasteiger partial charge on any atom is -0.478 e. The van der Waals surface area contributed by atoms with Crippen molar-refractivity contribution in [1.82, 2.24) is 4.98 Å². The van der Waals surface area contributed by atoms with E-state index < -0.39 is 0 Å². The first-order chi connectivity index (χ1) is 7.13. The summed E-state index contributed by atoms with van der Waals surface area (Å²) in [6, 6.07) is 3.51. The molecule has 4 nitrogen and oxygen atoms in total. The van der Waals surface area contributed by atoms with Crippen molar-refractivity contribution in [3.05, 3.63) is 18.3 Å². The van der Waals surface area contributed by atoms with Gasteiger partial charge in [-0.2, -0.15) is 0 Å². The number of amides is 1. The summed E-state index contributed by atoms with van der Waals surface area (Å²) in [6.07, 6.45) is 1.59. The lowest BCUT2D eigenvalue weighted by molar-refractivity contribution is -0.118. The van der Waals surface area contributed by atoms with Crippen molar-refractivity contribution in [2.75, 3.05) is 11.9 Å². The van der Waals surface area contributed by atoms with E-state index in [9.17, 15) is 4.79 Å². The highest BCUT2D eigenvalue weighted by atomic mass is 16.5. The van der Waals surface area contributed by atoms with E-state index in [2.05, 4.69) is 10.3 Å². The predicted octanol–water partition coefficient (Wildman–Crippen LogP) is 2.07. The number of hydrogen-bond donors (Lipinski definition) is 1. The largest absolute Gasteiger partial charge is 0.478 e. The average Bonchev–Trinajstić information content (AvgIpc) is 2.21. The Morgan fingerprint density at radius 2 is 2.27 bits per heavy atom. The zero-order valence-electron chi connectivity index (χ0n) is 9.28. The standard InChI is InChI=1S/C11H16N2O2/c1-4-15-10-6-5-9(7-12-10)13-11(14)8(2)3/h5-8H,4H2,1-3H3,(H,13,14). The number of hydrogen-bond acceptors (Lipinski definition) is 3. The minimum atomic E-state index is -0.0310. The van der Waals surface area contributed by atoms with Crippen LogP contribution in [0.3, 0.4) is 0 Å². The second-order valence-electron chi connectivity index (χ2n) is 3.46. The first-order valence-electron chi connectivity index (χ1n) is 5.03. The maximum atomic E-state index is 11.4. The van der Waals surface area contributed by atoms with Crippen LogP contribution in [0.5, 0.6) is 5.88 Å². The molecule has 15 heavy (non-hydrogen) atoms. The molecule has 0 aromatic carbocycles. The third kappa shape index (κ3) is 3.58. The fraction of sp³-hybridized carbons (Fsp3) is 0.455. The number of aromatic nitrogens is 1. The second kappa shape index (κ2) is 5.34. The Hall–Kier alpha value is -1.58. The Labute approximate surface area is 89.7 Å². The normalized spacial score (nSPS) is 10.1. The van der Waals surface area contributed by atoms with Crippen LogP contribution in [0.25, 0.3) is 0 Å². The maximum Gasteiger partial charge on any atom is 0.226 e. The van der Waals surface area contributed by atoms with Crippen LogP contribution in [0.1, 0.15) is 20.8 Å². The Morgan fingerprint density at radius 1 is 1.53 bits per heavy atom. The zero-order valence-corrected chi connectivity index (χ0v) is 9.28. The highest BCUT2D eigenvalue weighted by Crippen LogP contribution is 2.12. The third-order valence-electron chi connectivity index (χ3n) is 1.82. The molecule has 0 aliphatic carbocycles. The molecule has 1 amide bonds. The van der Waals surface area contributed by atoms with Crippen molar-refractivity contribution in [2.24, 2.45) is 5.92 Å². The molecule has 0 radical (unpaired) electrons. The van der Waals surface area contributed by atoms with Gasteiger partial charge in [-0.05, 0) is 13.0 Å². The molecule has 0 saturated carbocycles. The fourth-order valence-corrected chi connectivity index (χ4v) is 0.974. The van der Waals surface area contributed by atoms with Gasteiger partial charge in [-0.25, -0.2) is 4.98 Å². The Bertz CT molecular complexity index is 320. The molecule has 0 bridgehead atoms. The van der Waals surface area contributed by atoms with E-state index in [0.717, 1.165) is 0 Å². The molecule has 1 rings (SSSR count). The first kappa shape index (κ1) is 11.5. The van der Waals surface area contributed by atoms with Gasteiger partial charge in [0.15, 0.2) is 0 Å². The highest BCUT2D eigenvalue weighted by Gasteiger charge is 2.06. The van der Waals surface area contributed by atoms with Crippen molar-refractivity contribution >= 4 is 11.6 Å². The Kier molecular flexibility index (Phi) is 4.09. The summed E-state index contributed by atoms with van der Waals surface area (Å²) in [4.78, 5) is 15.4. The molecule has 1 N–H and O–H groups in total. The molecule has 1 aromatic rings. The lowest BCUT2D eigenvalue weighted by Gasteiger charge is -2.07. The molecular weight excluding hydrogens is 192 g/mol. The fourth-order valence-electron chi connectivity index (χ4n) is 0.974. The lowest BCUT2D eigenvalue weighted by Crippen LogP contribution is -2.17. The van der Waals surface area contributed by atoms with Crippen molar-refractivity contribution in [3.63, 3.8) is 0 Å². The van der Waals surface area contributed by atoms with Gasteiger partial charge >= 0.3 is 0 Å². The van der Waals surface area contributed by atoms with E-state index in [1.807, 2.05) is 20.8 Å². The number of rotatable bonds is 4. The van der Waals surface area contributed by atoms with Crippen LogP contribution in [0.4, 0.5) is 5.69 Å². The number of anilines is 1. The average molecular weight is 208 g/mol. The van der Waals surface area contributed by atoms with E-state index in [1.54, 1.807) is 18.3 Å². The quantitative estimate of drug-likeness (QED) is 0.824. The van der Waals surface area contributed by atoms with E-state index in [1.165, 1.54) is 0 Å². The summed E-state index contributed by atoms with van der Waals surface area (Å²) < 4.78 is 5.19. The van der Waals surface area contributed by atoms with Crippen molar-refractivity contribution in [2.45, 2.75) is 20.8 Å². The highest BCUT2D eigenvalue weighted by molar-refractivity contribution is 5.91. The molecule has 0 saturated heterocycles. The monoisotopic (exact) mass is 208 g/mol. The number of nitrogens with zero attached hydrogens (tertiary/aromatic N) is 1. The third-order valence-corrected chi connectivity index (χ3v) is 1.82. The van der Waals surface area contributed by atoms with Gasteiger partial charge < -0.3 is 10.1 Å². The Morgan fingerprint density at radius 3 is 2.73 bits per heavy atom. The number of pyridine rings is 1. The second-order valence-corrected chi connectivity index (χ2v) is 3.46.